The normalized spacial score (nSPS) is 11.8. The maximum absolute atomic E-state index is 13.0. The van der Waals surface area contributed by atoms with Gasteiger partial charge in [0, 0.05) is 28.2 Å². The molecule has 0 unspecified atom stereocenters. The molecule has 0 fully saturated rings. The van der Waals surface area contributed by atoms with Crippen molar-refractivity contribution in [2.45, 2.75) is 20.0 Å². The minimum Gasteiger partial charge on any atom is -0.475 e. The summed E-state index contributed by atoms with van der Waals surface area (Å²) in [6, 6.07) is 11.1. The number of nitrogens with zero attached hydrogens (tertiary/aromatic N) is 1. The van der Waals surface area contributed by atoms with Gasteiger partial charge in [0.25, 0.3) is 0 Å². The maximum atomic E-state index is 13.0. The van der Waals surface area contributed by atoms with Gasteiger partial charge in [-0.1, -0.05) is 18.2 Å². The minimum absolute atomic E-state index is 0.0213. The molecule has 8 nitrogen and oxygen atoms in total. The first-order valence-corrected chi connectivity index (χ1v) is 8.48. The number of hydrogen-bond acceptors (Lipinski definition) is 6. The van der Waals surface area contributed by atoms with Gasteiger partial charge in [0.1, 0.15) is 0 Å². The predicted molar refractivity (Wildman–Crippen MR) is 102 cm³/mol. The second-order valence-electron chi connectivity index (χ2n) is 6.23. The Bertz CT molecular complexity index is 1090. The van der Waals surface area contributed by atoms with E-state index in [4.69, 9.17) is 4.74 Å². The standard InChI is InChI=1S/C20H18N2O6/c1-11-18(14-6-4-5-7-15(14)21-11)19(23)12(2)28-17-9-8-13(20(24)27-3)10-16(17)22(25)26/h4-10,12,21H,1-3H3/t12-/m1/s1. The van der Waals surface area contributed by atoms with Gasteiger partial charge < -0.3 is 14.5 Å². The number of methoxy groups -OCH3 is 1. The van der Waals surface area contributed by atoms with E-state index in [9.17, 15) is 19.7 Å². The van der Waals surface area contributed by atoms with Crippen LogP contribution in [0.4, 0.5) is 5.69 Å². The van der Waals surface area contributed by atoms with E-state index in [1.807, 2.05) is 24.3 Å². The number of nitrogens with one attached hydrogen (secondary N) is 1. The lowest BCUT2D eigenvalue weighted by atomic mass is 10.0. The molecular formula is C20H18N2O6. The number of aromatic amines is 1. The number of fused-ring (bicyclic) bond motifs is 1. The van der Waals surface area contributed by atoms with Crippen LogP contribution in [-0.4, -0.2) is 34.9 Å². The molecule has 0 aliphatic rings. The highest BCUT2D eigenvalue weighted by Gasteiger charge is 2.26. The largest absolute Gasteiger partial charge is 0.475 e. The summed E-state index contributed by atoms with van der Waals surface area (Å²) >= 11 is 0. The van der Waals surface area contributed by atoms with Crippen molar-refractivity contribution < 1.29 is 24.0 Å². The van der Waals surface area contributed by atoms with Crippen LogP contribution < -0.4 is 4.74 Å². The molecule has 0 aliphatic carbocycles. The minimum atomic E-state index is -0.972. The Morgan fingerprint density at radius 1 is 1.18 bits per heavy atom. The van der Waals surface area contributed by atoms with E-state index in [1.165, 1.54) is 26.2 Å². The average Bonchev–Trinajstić information content (AvgIpc) is 3.02. The van der Waals surface area contributed by atoms with E-state index in [0.29, 0.717) is 11.3 Å². The smallest absolute Gasteiger partial charge is 0.338 e. The number of carbonyl (C=O) groups is 2. The third kappa shape index (κ3) is 3.44. The molecule has 0 saturated heterocycles. The van der Waals surface area contributed by atoms with Crippen molar-refractivity contribution >= 4 is 28.3 Å². The molecule has 0 saturated carbocycles. The number of esters is 1. The van der Waals surface area contributed by atoms with Crippen molar-refractivity contribution in [3.63, 3.8) is 0 Å². The maximum Gasteiger partial charge on any atom is 0.338 e. The van der Waals surface area contributed by atoms with Gasteiger partial charge in [-0.15, -0.1) is 0 Å². The topological polar surface area (TPSA) is 112 Å². The molecule has 1 atom stereocenters. The number of hydrogen-bond donors (Lipinski definition) is 1. The van der Waals surface area contributed by atoms with Gasteiger partial charge in [0.05, 0.1) is 17.6 Å². The van der Waals surface area contributed by atoms with Crippen molar-refractivity contribution in [2.75, 3.05) is 7.11 Å². The zero-order valence-corrected chi connectivity index (χ0v) is 15.5. The molecular weight excluding hydrogens is 364 g/mol. The van der Waals surface area contributed by atoms with Crippen molar-refractivity contribution in [3.8, 4) is 5.75 Å². The van der Waals surface area contributed by atoms with E-state index in [2.05, 4.69) is 9.72 Å². The van der Waals surface area contributed by atoms with Crippen molar-refractivity contribution in [1.82, 2.24) is 4.98 Å². The number of nitro groups is 1. The molecule has 28 heavy (non-hydrogen) atoms. The molecule has 3 aromatic rings. The number of aromatic nitrogens is 1. The average molecular weight is 382 g/mol. The third-order valence-corrected chi connectivity index (χ3v) is 4.39. The molecule has 1 heterocycles. The van der Waals surface area contributed by atoms with E-state index < -0.39 is 22.7 Å². The second kappa shape index (κ2) is 7.51. The lowest BCUT2D eigenvalue weighted by Crippen LogP contribution is -2.24. The molecule has 2 aromatic carbocycles. The Morgan fingerprint density at radius 3 is 2.57 bits per heavy atom. The SMILES string of the molecule is COC(=O)c1ccc(O[C@H](C)C(=O)c2c(C)[nH]c3ccccc23)c([N+](=O)[O-])c1. The fraction of sp³-hybridized carbons (Fsp3) is 0.200. The van der Waals surface area contributed by atoms with Crippen LogP contribution in [0.1, 0.15) is 33.3 Å². The molecule has 0 bridgehead atoms. The summed E-state index contributed by atoms with van der Waals surface area (Å²) in [5.74, 6) is -1.11. The first-order chi connectivity index (χ1) is 13.3. The fourth-order valence-corrected chi connectivity index (χ4v) is 3.05. The van der Waals surface area contributed by atoms with Crippen LogP contribution >= 0.6 is 0 Å². The van der Waals surface area contributed by atoms with E-state index in [-0.39, 0.29) is 17.1 Å². The van der Waals surface area contributed by atoms with Crippen LogP contribution in [0.3, 0.4) is 0 Å². The number of para-hydroxylation sites is 1. The molecule has 0 amide bonds. The predicted octanol–water partition coefficient (Wildman–Crippen LogP) is 3.82. The molecule has 0 radical (unpaired) electrons. The van der Waals surface area contributed by atoms with Crippen LogP contribution in [0.2, 0.25) is 0 Å². The molecule has 0 aliphatic heterocycles. The number of carbonyl (C=O) groups excluding carboxylic acids is 2. The van der Waals surface area contributed by atoms with Crippen LogP contribution in [0.15, 0.2) is 42.5 Å². The Hall–Kier alpha value is -3.68. The number of benzene rings is 2. The summed E-state index contributed by atoms with van der Waals surface area (Å²) in [7, 11) is 1.18. The molecule has 1 N–H and O–H groups in total. The third-order valence-electron chi connectivity index (χ3n) is 4.39. The van der Waals surface area contributed by atoms with Gasteiger partial charge in [-0.05, 0) is 32.0 Å². The summed E-state index contributed by atoms with van der Waals surface area (Å²) in [4.78, 5) is 38.4. The Morgan fingerprint density at radius 2 is 1.89 bits per heavy atom. The lowest BCUT2D eigenvalue weighted by molar-refractivity contribution is -0.386. The first kappa shape index (κ1) is 19.1. The number of H-pyrrole nitrogens is 1. The number of rotatable bonds is 6. The lowest BCUT2D eigenvalue weighted by Gasteiger charge is -2.14. The zero-order valence-electron chi connectivity index (χ0n) is 15.5. The highest BCUT2D eigenvalue weighted by Crippen LogP contribution is 2.31. The van der Waals surface area contributed by atoms with Crippen LogP contribution in [-0.2, 0) is 4.74 Å². The van der Waals surface area contributed by atoms with E-state index in [1.54, 1.807) is 6.92 Å². The van der Waals surface area contributed by atoms with Gasteiger partial charge in [-0.25, -0.2) is 4.79 Å². The monoisotopic (exact) mass is 382 g/mol. The molecule has 3 rings (SSSR count). The van der Waals surface area contributed by atoms with Gasteiger partial charge in [0.2, 0.25) is 5.78 Å². The number of ether oxygens (including phenoxy) is 2. The summed E-state index contributed by atoms with van der Waals surface area (Å²) in [5.41, 5.74) is 1.60. The highest BCUT2D eigenvalue weighted by molar-refractivity contribution is 6.11. The molecule has 0 spiro atoms. The summed E-state index contributed by atoms with van der Waals surface area (Å²) < 4.78 is 10.2. The number of nitro benzene ring substituents is 1. The van der Waals surface area contributed by atoms with E-state index in [0.717, 1.165) is 17.0 Å². The van der Waals surface area contributed by atoms with Crippen LogP contribution in [0, 0.1) is 17.0 Å². The number of Topliss-reactive ketones (excluding diaryl/α,β-unsaturated/α-hetero) is 1. The molecule has 1 aromatic heterocycles. The zero-order chi connectivity index (χ0) is 20.4. The summed E-state index contributed by atoms with van der Waals surface area (Å²) in [6.07, 6.45) is -0.972. The number of aryl methyl sites for hydroxylation is 1. The van der Waals surface area contributed by atoms with Crippen LogP contribution in [0.25, 0.3) is 10.9 Å². The first-order valence-electron chi connectivity index (χ1n) is 8.48. The number of ketones is 1. The molecule has 144 valence electrons. The van der Waals surface area contributed by atoms with Crippen LogP contribution in [0.5, 0.6) is 5.75 Å². The summed E-state index contributed by atoms with van der Waals surface area (Å²) in [6.45, 7) is 3.31. The fourth-order valence-electron chi connectivity index (χ4n) is 3.05. The van der Waals surface area contributed by atoms with Gasteiger partial charge in [-0.3, -0.25) is 14.9 Å². The highest BCUT2D eigenvalue weighted by atomic mass is 16.6. The molecule has 8 heteroatoms. The quantitative estimate of drug-likeness (QED) is 0.300. The van der Waals surface area contributed by atoms with Crippen molar-refractivity contribution in [2.24, 2.45) is 0 Å². The van der Waals surface area contributed by atoms with Gasteiger partial charge >= 0.3 is 11.7 Å². The van der Waals surface area contributed by atoms with Gasteiger partial charge in [0.15, 0.2) is 11.9 Å². The van der Waals surface area contributed by atoms with Crippen molar-refractivity contribution in [1.29, 1.82) is 0 Å². The van der Waals surface area contributed by atoms with Crippen molar-refractivity contribution in [3.05, 3.63) is 69.4 Å². The Balaban J connectivity index is 1.93. The second-order valence-corrected chi connectivity index (χ2v) is 6.23. The van der Waals surface area contributed by atoms with E-state index >= 15 is 0 Å². The Kier molecular flexibility index (Phi) is 5.12. The van der Waals surface area contributed by atoms with Gasteiger partial charge in [-0.2, -0.15) is 0 Å². The Labute approximate surface area is 160 Å². The summed E-state index contributed by atoms with van der Waals surface area (Å²) in [5, 5.41) is 12.1.